The van der Waals surface area contributed by atoms with Crippen molar-refractivity contribution >= 4 is 0 Å². The van der Waals surface area contributed by atoms with Crippen molar-refractivity contribution in [2.24, 2.45) is 0 Å². The van der Waals surface area contributed by atoms with Crippen molar-refractivity contribution in [2.45, 2.75) is 65.0 Å². The molecule has 1 heterocycles. The highest BCUT2D eigenvalue weighted by atomic mass is 16.5. The van der Waals surface area contributed by atoms with Gasteiger partial charge in [0, 0.05) is 25.7 Å². The van der Waals surface area contributed by atoms with Gasteiger partial charge < -0.3 is 15.0 Å². The predicted molar refractivity (Wildman–Crippen MR) is 78.1 cm³/mol. The Morgan fingerprint density at radius 3 is 2.94 bits per heavy atom. The minimum atomic E-state index is 0.461. The fraction of sp³-hybridized carbons (Fsp3) is 1.00. The summed E-state index contributed by atoms with van der Waals surface area (Å²) in [5.74, 6) is 0. The first-order valence-electron chi connectivity index (χ1n) is 7.83. The molecule has 108 valence electrons. The molecule has 0 aromatic rings. The van der Waals surface area contributed by atoms with Crippen molar-refractivity contribution in [3.8, 4) is 0 Å². The van der Waals surface area contributed by atoms with E-state index in [0.717, 1.165) is 26.1 Å². The van der Waals surface area contributed by atoms with Crippen LogP contribution in [0.25, 0.3) is 0 Å². The van der Waals surface area contributed by atoms with Gasteiger partial charge >= 0.3 is 0 Å². The molecule has 1 fully saturated rings. The molecule has 0 amide bonds. The Morgan fingerprint density at radius 1 is 1.39 bits per heavy atom. The molecule has 1 rings (SSSR count). The maximum absolute atomic E-state index is 5.81. The Hall–Kier alpha value is -0.120. The lowest BCUT2D eigenvalue weighted by Crippen LogP contribution is -2.33. The zero-order chi connectivity index (χ0) is 13.2. The number of nitrogens with one attached hydrogen (secondary N) is 1. The molecule has 3 nitrogen and oxygen atoms in total. The van der Waals surface area contributed by atoms with Crippen LogP contribution >= 0.6 is 0 Å². The van der Waals surface area contributed by atoms with Crippen molar-refractivity contribution in [1.29, 1.82) is 0 Å². The molecule has 3 heteroatoms. The summed E-state index contributed by atoms with van der Waals surface area (Å²) in [4.78, 5) is 2.59. The van der Waals surface area contributed by atoms with Gasteiger partial charge in [-0.1, -0.05) is 13.8 Å². The van der Waals surface area contributed by atoms with Crippen LogP contribution < -0.4 is 5.32 Å². The third-order valence-electron chi connectivity index (χ3n) is 3.74. The lowest BCUT2D eigenvalue weighted by atomic mass is 10.1. The van der Waals surface area contributed by atoms with Gasteiger partial charge in [0.15, 0.2) is 0 Å². The highest BCUT2D eigenvalue weighted by Gasteiger charge is 2.16. The summed E-state index contributed by atoms with van der Waals surface area (Å²) in [6.45, 7) is 12.4. The van der Waals surface area contributed by atoms with Crippen molar-refractivity contribution in [3.63, 3.8) is 0 Å². The maximum atomic E-state index is 5.81. The molecular formula is C15H32N2O. The van der Waals surface area contributed by atoms with Gasteiger partial charge in [-0.15, -0.1) is 0 Å². The van der Waals surface area contributed by atoms with Crippen molar-refractivity contribution in [3.05, 3.63) is 0 Å². The number of hydrogen-bond acceptors (Lipinski definition) is 3. The lowest BCUT2D eigenvalue weighted by Gasteiger charge is -2.23. The minimum Gasteiger partial charge on any atom is -0.377 e. The number of ether oxygens (including phenoxy) is 1. The highest BCUT2D eigenvalue weighted by molar-refractivity contribution is 4.70. The first kappa shape index (κ1) is 15.9. The molecule has 0 aromatic carbocycles. The second-order valence-corrected chi connectivity index (χ2v) is 5.55. The lowest BCUT2D eigenvalue weighted by molar-refractivity contribution is 0.0517. The van der Waals surface area contributed by atoms with Gasteiger partial charge in [-0.05, 0) is 52.1 Å². The second kappa shape index (κ2) is 9.76. The molecule has 2 unspecified atom stereocenters. The van der Waals surface area contributed by atoms with Gasteiger partial charge in [-0.3, -0.25) is 0 Å². The molecule has 0 bridgehead atoms. The number of rotatable bonds is 8. The van der Waals surface area contributed by atoms with E-state index in [2.05, 4.69) is 31.0 Å². The van der Waals surface area contributed by atoms with E-state index >= 15 is 0 Å². The van der Waals surface area contributed by atoms with Crippen LogP contribution in [0.3, 0.4) is 0 Å². The average molecular weight is 256 g/mol. The van der Waals surface area contributed by atoms with E-state index in [1.54, 1.807) is 0 Å². The van der Waals surface area contributed by atoms with Crippen LogP contribution in [0.4, 0.5) is 0 Å². The summed E-state index contributed by atoms with van der Waals surface area (Å²) in [7, 11) is 0. The molecule has 0 aliphatic carbocycles. The van der Waals surface area contributed by atoms with Gasteiger partial charge in [0.1, 0.15) is 0 Å². The SMILES string of the molecule is CCCNC(C)CCCN1CCCOC(CC)C1. The van der Waals surface area contributed by atoms with E-state index in [0.29, 0.717) is 12.1 Å². The molecule has 1 aliphatic rings. The molecule has 0 aromatic heterocycles. The zero-order valence-electron chi connectivity index (χ0n) is 12.6. The number of nitrogens with zero attached hydrogens (tertiary/aromatic N) is 1. The van der Waals surface area contributed by atoms with E-state index in [9.17, 15) is 0 Å². The zero-order valence-corrected chi connectivity index (χ0v) is 12.6. The van der Waals surface area contributed by atoms with Crippen LogP contribution in [0, 0.1) is 0 Å². The van der Waals surface area contributed by atoms with Gasteiger partial charge in [0.2, 0.25) is 0 Å². The number of hydrogen-bond donors (Lipinski definition) is 1. The van der Waals surface area contributed by atoms with E-state index in [1.165, 1.54) is 38.8 Å². The Bertz CT molecular complexity index is 199. The summed E-state index contributed by atoms with van der Waals surface area (Å²) in [5.41, 5.74) is 0. The fourth-order valence-corrected chi connectivity index (χ4v) is 2.53. The Kier molecular flexibility index (Phi) is 8.64. The maximum Gasteiger partial charge on any atom is 0.0699 e. The van der Waals surface area contributed by atoms with E-state index in [1.807, 2.05) is 0 Å². The summed E-state index contributed by atoms with van der Waals surface area (Å²) in [5, 5.41) is 3.56. The predicted octanol–water partition coefficient (Wildman–Crippen LogP) is 2.66. The van der Waals surface area contributed by atoms with Crippen LogP contribution in [0.5, 0.6) is 0 Å². The third kappa shape index (κ3) is 6.72. The van der Waals surface area contributed by atoms with E-state index in [-0.39, 0.29) is 0 Å². The van der Waals surface area contributed by atoms with Gasteiger partial charge in [0.25, 0.3) is 0 Å². The first-order valence-corrected chi connectivity index (χ1v) is 7.83. The smallest absolute Gasteiger partial charge is 0.0699 e. The first-order chi connectivity index (χ1) is 8.76. The quantitative estimate of drug-likeness (QED) is 0.722. The second-order valence-electron chi connectivity index (χ2n) is 5.55. The Morgan fingerprint density at radius 2 is 2.22 bits per heavy atom. The molecule has 2 atom stereocenters. The topological polar surface area (TPSA) is 24.5 Å². The molecule has 1 aliphatic heterocycles. The van der Waals surface area contributed by atoms with Crippen molar-refractivity contribution < 1.29 is 4.74 Å². The van der Waals surface area contributed by atoms with Crippen LogP contribution in [0.2, 0.25) is 0 Å². The molecule has 0 radical (unpaired) electrons. The Balaban J connectivity index is 2.13. The summed E-state index contributed by atoms with van der Waals surface area (Å²) >= 11 is 0. The monoisotopic (exact) mass is 256 g/mol. The van der Waals surface area contributed by atoms with Gasteiger partial charge in [0.05, 0.1) is 6.10 Å². The molecular weight excluding hydrogens is 224 g/mol. The normalized spacial score (nSPS) is 23.8. The van der Waals surface area contributed by atoms with Crippen molar-refractivity contribution in [1.82, 2.24) is 10.2 Å². The van der Waals surface area contributed by atoms with Crippen molar-refractivity contribution in [2.75, 3.05) is 32.8 Å². The van der Waals surface area contributed by atoms with Crippen LogP contribution in [0.15, 0.2) is 0 Å². The Labute approximate surface area is 113 Å². The molecule has 18 heavy (non-hydrogen) atoms. The minimum absolute atomic E-state index is 0.461. The molecule has 1 saturated heterocycles. The van der Waals surface area contributed by atoms with Gasteiger partial charge in [-0.25, -0.2) is 0 Å². The summed E-state index contributed by atoms with van der Waals surface area (Å²) in [6, 6.07) is 0.662. The summed E-state index contributed by atoms with van der Waals surface area (Å²) in [6.07, 6.45) is 6.61. The highest BCUT2D eigenvalue weighted by Crippen LogP contribution is 2.10. The standard InChI is InChI=1S/C15H32N2O/c1-4-9-16-14(3)8-6-10-17-11-7-12-18-15(5-2)13-17/h14-16H,4-13H2,1-3H3. The third-order valence-corrected chi connectivity index (χ3v) is 3.74. The largest absolute Gasteiger partial charge is 0.377 e. The molecule has 0 saturated carbocycles. The van der Waals surface area contributed by atoms with Crippen LogP contribution in [0.1, 0.15) is 52.9 Å². The average Bonchev–Trinajstić information content (AvgIpc) is 2.61. The fourth-order valence-electron chi connectivity index (χ4n) is 2.53. The molecule has 1 N–H and O–H groups in total. The van der Waals surface area contributed by atoms with Crippen LogP contribution in [-0.4, -0.2) is 49.8 Å². The summed E-state index contributed by atoms with van der Waals surface area (Å²) < 4.78 is 5.81. The van der Waals surface area contributed by atoms with E-state index < -0.39 is 0 Å². The molecule has 0 spiro atoms. The van der Waals surface area contributed by atoms with Crippen LogP contribution in [-0.2, 0) is 4.74 Å². The van der Waals surface area contributed by atoms with Gasteiger partial charge in [-0.2, -0.15) is 0 Å². The van der Waals surface area contributed by atoms with E-state index in [4.69, 9.17) is 4.74 Å².